The lowest BCUT2D eigenvalue weighted by Crippen LogP contribution is -2.49. The zero-order valence-corrected chi connectivity index (χ0v) is 12.5. The first-order valence-electron chi connectivity index (χ1n) is 7.74. The summed E-state index contributed by atoms with van der Waals surface area (Å²) in [5, 5.41) is 0. The number of carbonyl (C=O) groups is 1. The number of carbonyl (C=O) groups excluding carboxylic acids is 1. The van der Waals surface area contributed by atoms with Gasteiger partial charge in [0, 0.05) is 38.6 Å². The maximum Gasteiger partial charge on any atom is 0.222 e. The summed E-state index contributed by atoms with van der Waals surface area (Å²) in [7, 11) is 0. The molecule has 0 unspecified atom stereocenters. The van der Waals surface area contributed by atoms with E-state index < -0.39 is 0 Å². The van der Waals surface area contributed by atoms with E-state index in [0.717, 1.165) is 45.1 Å². The molecule has 1 aliphatic heterocycles. The monoisotopic (exact) mass is 267 g/mol. The number of rotatable bonds is 6. The van der Waals surface area contributed by atoms with Gasteiger partial charge >= 0.3 is 0 Å². The van der Waals surface area contributed by atoms with Crippen molar-refractivity contribution < 1.29 is 4.79 Å². The van der Waals surface area contributed by atoms with Crippen LogP contribution in [0.25, 0.3) is 0 Å². The van der Waals surface area contributed by atoms with Crippen LogP contribution in [0.15, 0.2) is 0 Å². The molecule has 1 saturated carbocycles. The number of hydrogen-bond donors (Lipinski definition) is 1. The molecule has 2 fully saturated rings. The van der Waals surface area contributed by atoms with Crippen molar-refractivity contribution in [2.24, 2.45) is 11.1 Å². The van der Waals surface area contributed by atoms with E-state index >= 15 is 0 Å². The molecule has 0 aromatic heterocycles. The second-order valence-corrected chi connectivity index (χ2v) is 6.85. The third-order valence-electron chi connectivity index (χ3n) is 4.57. The average Bonchev–Trinajstić information content (AvgIpc) is 3.20. The first-order valence-corrected chi connectivity index (χ1v) is 7.74. The van der Waals surface area contributed by atoms with Gasteiger partial charge in [-0.15, -0.1) is 0 Å². The average molecular weight is 267 g/mol. The lowest BCUT2D eigenvalue weighted by molar-refractivity contribution is -0.133. The van der Waals surface area contributed by atoms with Gasteiger partial charge in [-0.2, -0.15) is 0 Å². The van der Waals surface area contributed by atoms with Gasteiger partial charge in [0.2, 0.25) is 5.91 Å². The second-order valence-electron chi connectivity index (χ2n) is 6.85. The van der Waals surface area contributed by atoms with E-state index in [1.54, 1.807) is 0 Å². The Morgan fingerprint density at radius 2 is 1.79 bits per heavy atom. The zero-order chi connectivity index (χ0) is 13.9. The van der Waals surface area contributed by atoms with Crippen LogP contribution >= 0.6 is 0 Å². The van der Waals surface area contributed by atoms with Crippen molar-refractivity contribution in [3.63, 3.8) is 0 Å². The summed E-state index contributed by atoms with van der Waals surface area (Å²) in [4.78, 5) is 16.8. The van der Waals surface area contributed by atoms with Gasteiger partial charge in [-0.1, -0.05) is 13.8 Å². The van der Waals surface area contributed by atoms with Crippen LogP contribution < -0.4 is 5.73 Å². The van der Waals surface area contributed by atoms with Gasteiger partial charge in [0.25, 0.3) is 0 Å². The largest absolute Gasteiger partial charge is 0.340 e. The third-order valence-corrected chi connectivity index (χ3v) is 4.57. The summed E-state index contributed by atoms with van der Waals surface area (Å²) in [6, 6.07) is 0.834. The van der Waals surface area contributed by atoms with Crippen LogP contribution in [0, 0.1) is 5.41 Å². The molecule has 0 atom stereocenters. The molecule has 2 rings (SSSR count). The highest BCUT2D eigenvalue weighted by molar-refractivity contribution is 5.76. The minimum absolute atomic E-state index is 0.195. The lowest BCUT2D eigenvalue weighted by Gasteiger charge is -2.35. The van der Waals surface area contributed by atoms with Gasteiger partial charge in [0.1, 0.15) is 0 Å². The fraction of sp³-hybridized carbons (Fsp3) is 0.933. The lowest BCUT2D eigenvalue weighted by atomic mass is 9.84. The van der Waals surface area contributed by atoms with Crippen molar-refractivity contribution >= 4 is 5.91 Å². The summed E-state index contributed by atoms with van der Waals surface area (Å²) in [6.45, 7) is 9.11. The van der Waals surface area contributed by atoms with Crippen LogP contribution in [0.3, 0.4) is 0 Å². The fourth-order valence-corrected chi connectivity index (χ4v) is 2.90. The highest BCUT2D eigenvalue weighted by Crippen LogP contribution is 2.28. The standard InChI is InChI=1S/C15H29N3O/c1-15(2,7-8-16)6-5-14(19)18-11-9-17(10-12-18)13-3-4-13/h13H,3-12,16H2,1-2H3. The SMILES string of the molecule is CC(C)(CCN)CCC(=O)N1CCN(C2CC2)CC1. The Balaban J connectivity index is 1.69. The van der Waals surface area contributed by atoms with Crippen LogP contribution in [-0.2, 0) is 4.79 Å². The van der Waals surface area contributed by atoms with E-state index in [1.807, 2.05) is 0 Å². The molecule has 0 aromatic carbocycles. The predicted molar refractivity (Wildman–Crippen MR) is 77.9 cm³/mol. The van der Waals surface area contributed by atoms with Crippen LogP contribution in [-0.4, -0.2) is 54.5 Å². The molecule has 1 saturated heterocycles. The minimum atomic E-state index is 0.195. The number of piperazine rings is 1. The van der Waals surface area contributed by atoms with Crippen molar-refractivity contribution in [3.8, 4) is 0 Å². The van der Waals surface area contributed by atoms with E-state index in [2.05, 4.69) is 23.6 Å². The van der Waals surface area contributed by atoms with Crippen LogP contribution in [0.1, 0.15) is 46.0 Å². The van der Waals surface area contributed by atoms with Crippen molar-refractivity contribution in [2.75, 3.05) is 32.7 Å². The Bertz CT molecular complexity index is 305. The molecular weight excluding hydrogens is 238 g/mol. The van der Waals surface area contributed by atoms with Crippen LogP contribution in [0.2, 0.25) is 0 Å². The molecular formula is C15H29N3O. The predicted octanol–water partition coefficient (Wildman–Crippen LogP) is 1.45. The Kier molecular flexibility index (Phi) is 4.85. The Morgan fingerprint density at radius 1 is 1.16 bits per heavy atom. The normalized spacial score (nSPS) is 21.7. The summed E-state index contributed by atoms with van der Waals surface area (Å²) in [5.74, 6) is 0.334. The van der Waals surface area contributed by atoms with E-state index in [9.17, 15) is 4.79 Å². The molecule has 0 aromatic rings. The summed E-state index contributed by atoms with van der Waals surface area (Å²) < 4.78 is 0. The van der Waals surface area contributed by atoms with Crippen molar-refractivity contribution in [3.05, 3.63) is 0 Å². The number of hydrogen-bond acceptors (Lipinski definition) is 3. The summed E-state index contributed by atoms with van der Waals surface area (Å²) >= 11 is 0. The molecule has 4 heteroatoms. The van der Waals surface area contributed by atoms with Crippen LogP contribution in [0.4, 0.5) is 0 Å². The molecule has 4 nitrogen and oxygen atoms in total. The van der Waals surface area contributed by atoms with Gasteiger partial charge in [-0.05, 0) is 37.6 Å². The molecule has 1 heterocycles. The molecule has 0 spiro atoms. The number of nitrogens with zero attached hydrogens (tertiary/aromatic N) is 2. The summed E-state index contributed by atoms with van der Waals surface area (Å²) in [6.07, 6.45) is 5.35. The molecule has 1 aliphatic carbocycles. The van der Waals surface area contributed by atoms with Crippen LogP contribution in [0.5, 0.6) is 0 Å². The Morgan fingerprint density at radius 3 is 2.32 bits per heavy atom. The zero-order valence-electron chi connectivity index (χ0n) is 12.5. The van der Waals surface area contributed by atoms with Crippen molar-refractivity contribution in [2.45, 2.75) is 52.0 Å². The quantitative estimate of drug-likeness (QED) is 0.792. The molecule has 19 heavy (non-hydrogen) atoms. The number of amides is 1. The minimum Gasteiger partial charge on any atom is -0.340 e. The topological polar surface area (TPSA) is 49.6 Å². The first kappa shape index (κ1) is 14.8. The first-order chi connectivity index (χ1) is 9.02. The van der Waals surface area contributed by atoms with Gasteiger partial charge in [-0.3, -0.25) is 9.69 Å². The molecule has 0 radical (unpaired) electrons. The smallest absolute Gasteiger partial charge is 0.222 e. The Hall–Kier alpha value is -0.610. The van der Waals surface area contributed by atoms with E-state index in [0.29, 0.717) is 18.9 Å². The van der Waals surface area contributed by atoms with Gasteiger partial charge in [-0.25, -0.2) is 0 Å². The molecule has 2 aliphatic rings. The highest BCUT2D eigenvalue weighted by atomic mass is 16.2. The van der Waals surface area contributed by atoms with E-state index in [1.165, 1.54) is 12.8 Å². The molecule has 2 N–H and O–H groups in total. The second kappa shape index (κ2) is 6.23. The molecule has 110 valence electrons. The van der Waals surface area contributed by atoms with E-state index in [-0.39, 0.29) is 5.41 Å². The molecule has 0 bridgehead atoms. The highest BCUT2D eigenvalue weighted by Gasteiger charge is 2.32. The van der Waals surface area contributed by atoms with Gasteiger partial charge < -0.3 is 10.6 Å². The maximum atomic E-state index is 12.2. The van der Waals surface area contributed by atoms with Gasteiger partial charge in [0.15, 0.2) is 0 Å². The fourth-order valence-electron chi connectivity index (χ4n) is 2.90. The number of nitrogens with two attached hydrogens (primary N) is 1. The maximum absolute atomic E-state index is 12.2. The van der Waals surface area contributed by atoms with Crippen molar-refractivity contribution in [1.29, 1.82) is 0 Å². The summed E-state index contributed by atoms with van der Waals surface area (Å²) in [5.41, 5.74) is 5.81. The van der Waals surface area contributed by atoms with Crippen molar-refractivity contribution in [1.82, 2.24) is 9.80 Å². The third kappa shape index (κ3) is 4.46. The Labute approximate surface area is 117 Å². The van der Waals surface area contributed by atoms with Gasteiger partial charge in [0.05, 0.1) is 0 Å². The molecule has 1 amide bonds. The van der Waals surface area contributed by atoms with E-state index in [4.69, 9.17) is 5.73 Å².